The van der Waals surface area contributed by atoms with Gasteiger partial charge < -0.3 is 24.9 Å². The van der Waals surface area contributed by atoms with E-state index >= 15 is 0 Å². The molecule has 3 N–H and O–H groups in total. The van der Waals surface area contributed by atoms with E-state index in [9.17, 15) is 22.8 Å². The molecule has 0 bridgehead atoms. The monoisotopic (exact) mass is 466 g/mol. The van der Waals surface area contributed by atoms with Crippen molar-refractivity contribution in [3.05, 3.63) is 75.7 Å². The van der Waals surface area contributed by atoms with Gasteiger partial charge in [-0.3, -0.25) is 9.59 Å². The number of benzene rings is 2. The molecule has 0 aliphatic carbocycles. The molecule has 11 heteroatoms. The van der Waals surface area contributed by atoms with Gasteiger partial charge in [-0.25, -0.2) is 0 Å². The number of aromatic amines is 1. The van der Waals surface area contributed by atoms with Crippen molar-refractivity contribution in [2.75, 3.05) is 0 Å². The second-order valence-electron chi connectivity index (χ2n) is 6.77. The van der Waals surface area contributed by atoms with Crippen LogP contribution in [-0.4, -0.2) is 16.6 Å². The number of halogens is 4. The van der Waals surface area contributed by atoms with E-state index in [1.807, 2.05) is 0 Å². The van der Waals surface area contributed by atoms with Crippen LogP contribution in [-0.2, 0) is 12.8 Å². The van der Waals surface area contributed by atoms with Gasteiger partial charge in [0.25, 0.3) is 11.5 Å². The molecule has 3 aromatic rings. The fraction of sp³-hybridized carbons (Fsp3) is 0.143. The first-order chi connectivity index (χ1) is 15.1. The van der Waals surface area contributed by atoms with Crippen molar-refractivity contribution in [1.29, 1.82) is 0 Å². The maximum absolute atomic E-state index is 13.4. The Morgan fingerprint density at radius 1 is 1.09 bits per heavy atom. The van der Waals surface area contributed by atoms with E-state index in [0.717, 1.165) is 11.6 Å². The zero-order chi connectivity index (χ0) is 23.0. The molecule has 1 amide bonds. The Kier molecular flexibility index (Phi) is 5.47. The number of aromatic nitrogens is 1. The zero-order valence-electron chi connectivity index (χ0n) is 16.0. The van der Waals surface area contributed by atoms with Gasteiger partial charge in [0, 0.05) is 5.56 Å². The molecule has 4 rings (SSSR count). The molecule has 1 aromatic heterocycles. The lowest BCUT2D eigenvalue weighted by Crippen LogP contribution is -2.27. The first-order valence-electron chi connectivity index (χ1n) is 9.09. The van der Waals surface area contributed by atoms with Crippen LogP contribution in [0.1, 0.15) is 21.6 Å². The third-order valence-electron chi connectivity index (χ3n) is 4.61. The smallest absolute Gasteiger partial charge is 0.431 e. The molecular weight excluding hydrogens is 453 g/mol. The summed E-state index contributed by atoms with van der Waals surface area (Å²) in [6.07, 6.45) is -4.85. The number of rotatable bonds is 5. The number of amides is 1. The van der Waals surface area contributed by atoms with Crippen LogP contribution in [0.2, 0.25) is 0 Å². The van der Waals surface area contributed by atoms with Crippen LogP contribution in [0.3, 0.4) is 0 Å². The van der Waals surface area contributed by atoms with E-state index in [-0.39, 0.29) is 17.7 Å². The fourth-order valence-corrected chi connectivity index (χ4v) is 3.31. The minimum absolute atomic E-state index is 0.111. The van der Waals surface area contributed by atoms with Crippen LogP contribution < -0.4 is 25.5 Å². The van der Waals surface area contributed by atoms with Gasteiger partial charge in [0.1, 0.15) is 23.6 Å². The molecule has 1 atom stereocenters. The molecular formula is C21H14ClF3N2O5. The van der Waals surface area contributed by atoms with Crippen molar-refractivity contribution >= 4 is 17.5 Å². The maximum atomic E-state index is 13.4. The Morgan fingerprint density at radius 2 is 1.78 bits per heavy atom. The Balaban J connectivity index is 1.56. The summed E-state index contributed by atoms with van der Waals surface area (Å²) < 4.78 is 56.4. The predicted molar refractivity (Wildman–Crippen MR) is 108 cm³/mol. The first-order valence-corrected chi connectivity index (χ1v) is 9.53. The highest BCUT2D eigenvalue weighted by atomic mass is 35.5. The molecule has 166 valence electrons. The lowest BCUT2D eigenvalue weighted by molar-refractivity contribution is -0.140. The summed E-state index contributed by atoms with van der Waals surface area (Å²) in [5, 5.41) is 0. The third-order valence-corrected chi connectivity index (χ3v) is 4.79. The van der Waals surface area contributed by atoms with Gasteiger partial charge in [-0.15, -0.1) is 0 Å². The van der Waals surface area contributed by atoms with Crippen molar-refractivity contribution in [2.45, 2.75) is 18.5 Å². The summed E-state index contributed by atoms with van der Waals surface area (Å²) in [6, 6.07) is 11.7. The number of primary amides is 1. The fourth-order valence-electron chi connectivity index (χ4n) is 3.12. The normalized spacial score (nSPS) is 14.9. The van der Waals surface area contributed by atoms with Gasteiger partial charge in [0.05, 0.1) is 0 Å². The SMILES string of the molecule is NC(=O)c1cc(-c2ccc(OCc3ccc4c(c3)OC(Cl)O4)cc2)c(C(F)(F)F)[nH]c1=O. The molecule has 0 radical (unpaired) electrons. The van der Waals surface area contributed by atoms with Crippen LogP contribution >= 0.6 is 11.6 Å². The minimum atomic E-state index is -4.85. The summed E-state index contributed by atoms with van der Waals surface area (Å²) in [7, 11) is 0. The Hall–Kier alpha value is -3.66. The highest BCUT2D eigenvalue weighted by Gasteiger charge is 2.36. The van der Waals surface area contributed by atoms with E-state index in [4.69, 9.17) is 31.5 Å². The summed E-state index contributed by atoms with van der Waals surface area (Å²) in [5.41, 5.74) is 2.52. The van der Waals surface area contributed by atoms with E-state index < -0.39 is 34.6 Å². The van der Waals surface area contributed by atoms with Crippen LogP contribution in [0.4, 0.5) is 13.2 Å². The van der Waals surface area contributed by atoms with Crippen molar-refractivity contribution in [3.8, 4) is 28.4 Å². The Bertz CT molecular complexity index is 1240. The van der Waals surface area contributed by atoms with Crippen molar-refractivity contribution in [3.63, 3.8) is 0 Å². The number of ether oxygens (including phenoxy) is 3. The van der Waals surface area contributed by atoms with Gasteiger partial charge in [0.15, 0.2) is 11.5 Å². The molecule has 2 aromatic carbocycles. The molecule has 7 nitrogen and oxygen atoms in total. The average Bonchev–Trinajstić information content (AvgIpc) is 3.11. The molecule has 0 fully saturated rings. The number of fused-ring (bicyclic) bond motifs is 1. The number of carbonyl (C=O) groups is 1. The van der Waals surface area contributed by atoms with Crippen LogP contribution in [0, 0.1) is 0 Å². The van der Waals surface area contributed by atoms with Gasteiger partial charge in [-0.2, -0.15) is 13.2 Å². The standard InChI is InChI=1S/C21H14ClF3N2O5/c22-20-31-15-6-1-10(7-16(15)32-20)9-30-12-4-2-11(3-5-12)13-8-14(18(26)28)19(29)27-17(13)21(23,24)25/h1-8,20H,9H2,(H2,26,28)(H,27,29). The first kappa shape index (κ1) is 21.6. The van der Waals surface area contributed by atoms with Crippen LogP contribution in [0.15, 0.2) is 53.3 Å². The number of H-pyrrole nitrogens is 1. The Labute approximate surface area is 183 Å². The minimum Gasteiger partial charge on any atom is -0.489 e. The predicted octanol–water partition coefficient (Wildman–Crippen LogP) is 4.03. The Morgan fingerprint density at radius 3 is 2.44 bits per heavy atom. The maximum Gasteiger partial charge on any atom is 0.431 e. The van der Waals surface area contributed by atoms with Gasteiger partial charge in [-0.1, -0.05) is 18.2 Å². The summed E-state index contributed by atoms with van der Waals surface area (Å²) in [5.74, 6) is -0.655. The summed E-state index contributed by atoms with van der Waals surface area (Å²) >= 11 is 5.75. The van der Waals surface area contributed by atoms with Crippen molar-refractivity contribution < 1.29 is 32.2 Å². The molecule has 32 heavy (non-hydrogen) atoms. The number of hydrogen-bond acceptors (Lipinski definition) is 5. The van der Waals surface area contributed by atoms with Gasteiger partial charge in [0.2, 0.25) is 0 Å². The number of alkyl halides is 4. The van der Waals surface area contributed by atoms with Crippen LogP contribution in [0.5, 0.6) is 17.2 Å². The lowest BCUT2D eigenvalue weighted by atomic mass is 10.0. The number of nitrogens with two attached hydrogens (primary N) is 1. The number of hydrogen-bond donors (Lipinski definition) is 2. The van der Waals surface area contributed by atoms with Crippen LogP contribution in [0.25, 0.3) is 11.1 Å². The number of pyridine rings is 1. The molecule has 0 spiro atoms. The van der Waals surface area contributed by atoms with E-state index in [2.05, 4.69) is 0 Å². The highest BCUT2D eigenvalue weighted by molar-refractivity contribution is 6.19. The van der Waals surface area contributed by atoms with E-state index in [1.54, 1.807) is 23.2 Å². The molecule has 0 saturated carbocycles. The molecule has 1 aliphatic rings. The van der Waals surface area contributed by atoms with Gasteiger partial charge in [-0.05, 0) is 53.1 Å². The molecule has 1 unspecified atom stereocenters. The van der Waals surface area contributed by atoms with E-state index in [1.165, 1.54) is 24.3 Å². The number of carbonyl (C=O) groups excluding carboxylic acids is 1. The molecule has 0 saturated heterocycles. The second-order valence-corrected chi connectivity index (χ2v) is 7.12. The number of nitrogens with one attached hydrogen (secondary N) is 1. The van der Waals surface area contributed by atoms with Gasteiger partial charge >= 0.3 is 11.9 Å². The highest BCUT2D eigenvalue weighted by Crippen LogP contribution is 2.37. The van der Waals surface area contributed by atoms with E-state index in [0.29, 0.717) is 17.2 Å². The summed E-state index contributed by atoms with van der Waals surface area (Å²) in [6.45, 7) is 0.154. The molecule has 2 heterocycles. The third kappa shape index (κ3) is 4.35. The molecule has 1 aliphatic heterocycles. The quantitative estimate of drug-likeness (QED) is 0.552. The average molecular weight is 467 g/mol. The largest absolute Gasteiger partial charge is 0.489 e. The topological polar surface area (TPSA) is 104 Å². The second kappa shape index (κ2) is 8.12. The summed E-state index contributed by atoms with van der Waals surface area (Å²) in [4.78, 5) is 24.9. The zero-order valence-corrected chi connectivity index (χ0v) is 16.8. The van der Waals surface area contributed by atoms with Crippen molar-refractivity contribution in [1.82, 2.24) is 4.98 Å². The van der Waals surface area contributed by atoms with Crippen molar-refractivity contribution in [2.24, 2.45) is 5.73 Å². The lowest BCUT2D eigenvalue weighted by Gasteiger charge is -2.14.